The van der Waals surface area contributed by atoms with E-state index in [1.165, 1.54) is 0 Å². The maximum atomic E-state index is 13.2. The normalized spacial score (nSPS) is 15.7. The summed E-state index contributed by atoms with van der Waals surface area (Å²) >= 11 is 0. The van der Waals surface area contributed by atoms with E-state index in [1.807, 2.05) is 31.2 Å². The number of methoxy groups -OCH3 is 1. The van der Waals surface area contributed by atoms with Crippen LogP contribution in [0.4, 0.5) is 5.69 Å². The molecule has 0 spiro atoms. The first-order chi connectivity index (χ1) is 13.8. The van der Waals surface area contributed by atoms with Crippen LogP contribution in [-0.4, -0.2) is 36.0 Å². The highest BCUT2D eigenvalue weighted by Crippen LogP contribution is 2.36. The maximum absolute atomic E-state index is 13.2. The van der Waals surface area contributed by atoms with Crippen LogP contribution in [0.3, 0.4) is 0 Å². The van der Waals surface area contributed by atoms with Crippen molar-refractivity contribution in [3.05, 3.63) is 71.0 Å². The van der Waals surface area contributed by atoms with Gasteiger partial charge in [-0.1, -0.05) is 24.3 Å². The van der Waals surface area contributed by atoms with Gasteiger partial charge in [0.05, 0.1) is 18.7 Å². The molecule has 2 aromatic carbocycles. The van der Waals surface area contributed by atoms with Gasteiger partial charge in [-0.05, 0) is 48.7 Å². The minimum atomic E-state index is -0.843. The number of hydrogen-bond donors (Lipinski definition) is 3. The number of hydrogen-bond acceptors (Lipinski definition) is 4. The van der Waals surface area contributed by atoms with E-state index < -0.39 is 5.97 Å². The summed E-state index contributed by atoms with van der Waals surface area (Å²) in [6.45, 7) is 1.89. The van der Waals surface area contributed by atoms with E-state index in [1.54, 1.807) is 36.3 Å². The predicted molar refractivity (Wildman–Crippen MR) is 118 cm³/mol. The zero-order chi connectivity index (χ0) is 21.1. The molecule has 0 saturated carbocycles. The number of ether oxygens (including phenoxy) is 1. The SMILES string of the molecule is COC1=C(c2ccc(CCC(=O)O)cc2)C(=O)N(c2ccc(C(=N)N)cc2)C1C.Cl. The molecular formula is C22H24ClN3O4. The Hall–Kier alpha value is -3.32. The van der Waals surface area contributed by atoms with Crippen LogP contribution in [0, 0.1) is 5.41 Å². The fraction of sp³-hybridized carbons (Fsp3) is 0.227. The van der Waals surface area contributed by atoms with Crippen LogP contribution in [0.1, 0.15) is 30.0 Å². The Kier molecular flexibility index (Phi) is 7.24. The molecule has 158 valence electrons. The topological polar surface area (TPSA) is 117 Å². The Labute approximate surface area is 181 Å². The monoisotopic (exact) mass is 429 g/mol. The van der Waals surface area contributed by atoms with Gasteiger partial charge in [0.1, 0.15) is 11.6 Å². The Morgan fingerprint density at radius 1 is 1.17 bits per heavy atom. The number of halogens is 1. The van der Waals surface area contributed by atoms with Gasteiger partial charge in [0.2, 0.25) is 0 Å². The number of carbonyl (C=O) groups excluding carboxylic acids is 1. The number of aryl methyl sites for hydroxylation is 1. The molecule has 7 nitrogen and oxygen atoms in total. The fourth-order valence-corrected chi connectivity index (χ4v) is 3.50. The van der Waals surface area contributed by atoms with Crippen LogP contribution in [0.15, 0.2) is 54.3 Å². The third-order valence-electron chi connectivity index (χ3n) is 4.99. The number of rotatable bonds is 7. The van der Waals surface area contributed by atoms with Crippen molar-refractivity contribution in [3.63, 3.8) is 0 Å². The molecule has 0 saturated heterocycles. The first-order valence-corrected chi connectivity index (χ1v) is 9.20. The molecule has 2 aromatic rings. The summed E-state index contributed by atoms with van der Waals surface area (Å²) in [4.78, 5) is 25.6. The van der Waals surface area contributed by atoms with Crippen molar-refractivity contribution < 1.29 is 19.4 Å². The molecule has 8 heteroatoms. The second-order valence-corrected chi connectivity index (χ2v) is 6.85. The lowest BCUT2D eigenvalue weighted by atomic mass is 10.0. The molecule has 3 rings (SSSR count). The molecule has 1 aliphatic heterocycles. The van der Waals surface area contributed by atoms with E-state index in [-0.39, 0.29) is 36.6 Å². The van der Waals surface area contributed by atoms with Crippen molar-refractivity contribution in [2.75, 3.05) is 12.0 Å². The molecule has 30 heavy (non-hydrogen) atoms. The number of nitrogens with two attached hydrogens (primary N) is 1. The van der Waals surface area contributed by atoms with Crippen molar-refractivity contribution >= 4 is 41.4 Å². The molecule has 1 atom stereocenters. The maximum Gasteiger partial charge on any atom is 0.303 e. The highest BCUT2D eigenvalue weighted by Gasteiger charge is 2.39. The first kappa shape index (κ1) is 23.0. The molecule has 1 heterocycles. The number of carbonyl (C=O) groups is 2. The third kappa shape index (κ3) is 4.46. The zero-order valence-electron chi connectivity index (χ0n) is 16.7. The Morgan fingerprint density at radius 2 is 1.77 bits per heavy atom. The average molecular weight is 430 g/mol. The van der Waals surface area contributed by atoms with E-state index in [4.69, 9.17) is 21.0 Å². The Balaban J connectivity index is 0.00000320. The second-order valence-electron chi connectivity index (χ2n) is 6.85. The lowest BCUT2D eigenvalue weighted by Crippen LogP contribution is -2.33. The Morgan fingerprint density at radius 3 is 2.27 bits per heavy atom. The Bertz CT molecular complexity index is 984. The largest absolute Gasteiger partial charge is 0.498 e. The van der Waals surface area contributed by atoms with Gasteiger partial charge in [0, 0.05) is 17.7 Å². The first-order valence-electron chi connectivity index (χ1n) is 9.20. The van der Waals surface area contributed by atoms with Crippen LogP contribution in [0.5, 0.6) is 0 Å². The van der Waals surface area contributed by atoms with Crippen LogP contribution < -0.4 is 10.6 Å². The fourth-order valence-electron chi connectivity index (χ4n) is 3.50. The van der Waals surface area contributed by atoms with E-state index in [2.05, 4.69) is 0 Å². The quantitative estimate of drug-likeness (QED) is 0.461. The van der Waals surface area contributed by atoms with E-state index in [0.717, 1.165) is 11.1 Å². The van der Waals surface area contributed by atoms with Crippen molar-refractivity contribution in [2.45, 2.75) is 25.8 Å². The minimum Gasteiger partial charge on any atom is -0.498 e. The lowest BCUT2D eigenvalue weighted by Gasteiger charge is -2.23. The third-order valence-corrected chi connectivity index (χ3v) is 4.99. The number of nitrogens with zero attached hydrogens (tertiary/aromatic N) is 1. The van der Waals surface area contributed by atoms with Crippen LogP contribution >= 0.6 is 12.4 Å². The zero-order valence-corrected chi connectivity index (χ0v) is 17.5. The second kappa shape index (κ2) is 9.45. The van der Waals surface area contributed by atoms with Gasteiger partial charge in [0.25, 0.3) is 5.91 Å². The van der Waals surface area contributed by atoms with Gasteiger partial charge in [-0.2, -0.15) is 0 Å². The summed E-state index contributed by atoms with van der Waals surface area (Å²) in [6.07, 6.45) is 0.496. The van der Waals surface area contributed by atoms with E-state index >= 15 is 0 Å². The average Bonchev–Trinajstić information content (AvgIpc) is 2.96. The van der Waals surface area contributed by atoms with Crippen molar-refractivity contribution in [1.29, 1.82) is 5.41 Å². The summed E-state index contributed by atoms with van der Waals surface area (Å²) in [6, 6.07) is 13.9. The number of anilines is 1. The van der Waals surface area contributed by atoms with Gasteiger partial charge in [-0.3, -0.25) is 19.9 Å². The summed E-state index contributed by atoms with van der Waals surface area (Å²) < 4.78 is 5.57. The summed E-state index contributed by atoms with van der Waals surface area (Å²) in [5.74, 6) is -0.478. The van der Waals surface area contributed by atoms with Gasteiger partial charge in [-0.15, -0.1) is 12.4 Å². The molecular weight excluding hydrogens is 406 g/mol. The van der Waals surface area contributed by atoms with Gasteiger partial charge in [-0.25, -0.2) is 0 Å². The summed E-state index contributed by atoms with van der Waals surface area (Å²) in [5, 5.41) is 16.3. The standard InChI is InChI=1S/C22H23N3O4.ClH/c1-13-20(29-2)19(15-6-3-14(4-7-15)5-12-18(26)27)22(28)25(13)17-10-8-16(9-11-17)21(23)24;/h3-4,6-11,13H,5,12H2,1-2H3,(H3,23,24)(H,26,27);1H. The van der Waals surface area contributed by atoms with E-state index in [9.17, 15) is 9.59 Å². The molecule has 0 radical (unpaired) electrons. The van der Waals surface area contributed by atoms with Crippen molar-refractivity contribution in [3.8, 4) is 0 Å². The van der Waals surface area contributed by atoms with Gasteiger partial charge >= 0.3 is 5.97 Å². The minimum absolute atomic E-state index is 0. The number of aliphatic carboxylic acids is 1. The highest BCUT2D eigenvalue weighted by molar-refractivity contribution is 6.30. The molecule has 0 bridgehead atoms. The van der Waals surface area contributed by atoms with Crippen molar-refractivity contribution in [1.82, 2.24) is 0 Å². The number of carboxylic acid groups (broad SMARTS) is 1. The summed E-state index contributed by atoms with van der Waals surface area (Å²) in [5.41, 5.74) is 8.89. The smallest absolute Gasteiger partial charge is 0.303 e. The molecule has 1 aliphatic rings. The summed E-state index contributed by atoms with van der Waals surface area (Å²) in [7, 11) is 1.54. The van der Waals surface area contributed by atoms with Gasteiger partial charge in [0.15, 0.2) is 0 Å². The van der Waals surface area contributed by atoms with Gasteiger partial charge < -0.3 is 15.6 Å². The molecule has 0 fully saturated rings. The number of nitrogen functional groups attached to an aromatic ring is 1. The molecule has 0 aromatic heterocycles. The number of nitrogens with one attached hydrogen (secondary N) is 1. The van der Waals surface area contributed by atoms with Crippen LogP contribution in [-0.2, 0) is 20.7 Å². The number of amidine groups is 1. The number of carboxylic acids is 1. The lowest BCUT2D eigenvalue weighted by molar-refractivity contribution is -0.137. The number of amides is 1. The van der Waals surface area contributed by atoms with Crippen molar-refractivity contribution in [2.24, 2.45) is 5.73 Å². The predicted octanol–water partition coefficient (Wildman–Crippen LogP) is 3.20. The molecule has 1 unspecified atom stereocenters. The van der Waals surface area contributed by atoms with Crippen LogP contribution in [0.2, 0.25) is 0 Å². The molecule has 4 N–H and O–H groups in total. The number of benzene rings is 2. The highest BCUT2D eigenvalue weighted by atomic mass is 35.5. The molecule has 0 aliphatic carbocycles. The molecule has 1 amide bonds. The van der Waals surface area contributed by atoms with E-state index in [0.29, 0.717) is 29.0 Å². The van der Waals surface area contributed by atoms with Crippen LogP contribution in [0.25, 0.3) is 5.57 Å².